The van der Waals surface area contributed by atoms with Crippen LogP contribution in [-0.4, -0.2) is 31.4 Å². The summed E-state index contributed by atoms with van der Waals surface area (Å²) in [6.07, 6.45) is -1.25. The highest BCUT2D eigenvalue weighted by atomic mass is 19.4. The summed E-state index contributed by atoms with van der Waals surface area (Å²) in [5, 5.41) is 13.1. The molecule has 2 amide bonds. The Bertz CT molecular complexity index is 1150. The van der Waals surface area contributed by atoms with Gasteiger partial charge in [-0.15, -0.1) is 0 Å². The topological polar surface area (TPSA) is 93.8 Å². The number of rotatable bonds is 7. The lowest BCUT2D eigenvalue weighted by Gasteiger charge is -2.10. The lowest BCUT2D eigenvalue weighted by atomic mass is 10.2. The number of halogens is 3. The first-order chi connectivity index (χ1) is 15.2. The molecule has 0 saturated heterocycles. The van der Waals surface area contributed by atoms with E-state index in [1.54, 1.807) is 43.6 Å². The van der Waals surface area contributed by atoms with E-state index in [1.807, 2.05) is 0 Å². The number of benzene rings is 1. The molecule has 11 heteroatoms. The van der Waals surface area contributed by atoms with Gasteiger partial charge in [0.15, 0.2) is 11.4 Å². The molecule has 2 N–H and O–H groups in total. The van der Waals surface area contributed by atoms with E-state index in [1.165, 1.54) is 9.36 Å². The van der Waals surface area contributed by atoms with Crippen LogP contribution in [0.4, 0.5) is 24.5 Å². The summed E-state index contributed by atoms with van der Waals surface area (Å²) in [6, 6.07) is 9.22. The maximum atomic E-state index is 13.0. The minimum absolute atomic E-state index is 0.0385. The maximum absolute atomic E-state index is 13.0. The zero-order valence-corrected chi connectivity index (χ0v) is 17.2. The fraction of sp³-hybridized carbons (Fsp3) is 0.333. The van der Waals surface area contributed by atoms with E-state index in [0.29, 0.717) is 17.1 Å². The van der Waals surface area contributed by atoms with Crippen molar-refractivity contribution < 1.29 is 22.8 Å². The van der Waals surface area contributed by atoms with Crippen LogP contribution >= 0.6 is 0 Å². The Morgan fingerprint density at radius 1 is 1.09 bits per heavy atom. The van der Waals surface area contributed by atoms with Crippen molar-refractivity contribution in [3.05, 3.63) is 59.7 Å². The average Bonchev–Trinajstić information content (AvgIpc) is 3.31. The number of nitrogens with one attached hydrogen (secondary N) is 2. The van der Waals surface area contributed by atoms with E-state index >= 15 is 0 Å². The van der Waals surface area contributed by atoms with Gasteiger partial charge in [0.2, 0.25) is 5.91 Å². The number of aryl methyl sites for hydroxylation is 2. The van der Waals surface area contributed by atoms with Gasteiger partial charge in [-0.2, -0.15) is 23.4 Å². The third-order valence-electron chi connectivity index (χ3n) is 5.00. The van der Waals surface area contributed by atoms with Crippen LogP contribution in [0.15, 0.2) is 42.6 Å². The van der Waals surface area contributed by atoms with E-state index in [4.69, 9.17) is 0 Å². The SMILES string of the molecule is Cn1ccc(C(=O)Nc2cccc(NC(=O)CCn3nc(C(F)(F)F)cc3C3CC3)c2)n1. The second kappa shape index (κ2) is 8.48. The lowest BCUT2D eigenvalue weighted by Crippen LogP contribution is -2.17. The average molecular weight is 446 g/mol. The Kier molecular flexibility index (Phi) is 5.72. The number of hydrogen-bond donors (Lipinski definition) is 2. The monoisotopic (exact) mass is 446 g/mol. The normalized spacial score (nSPS) is 13.8. The van der Waals surface area contributed by atoms with Crippen LogP contribution in [0.5, 0.6) is 0 Å². The quantitative estimate of drug-likeness (QED) is 0.577. The molecule has 0 bridgehead atoms. The van der Waals surface area contributed by atoms with E-state index in [9.17, 15) is 22.8 Å². The lowest BCUT2D eigenvalue weighted by molar-refractivity contribution is -0.141. The van der Waals surface area contributed by atoms with Crippen LogP contribution in [0.1, 0.15) is 47.1 Å². The first-order valence-electron chi connectivity index (χ1n) is 10.0. The van der Waals surface area contributed by atoms with Crippen molar-refractivity contribution in [3.63, 3.8) is 0 Å². The van der Waals surface area contributed by atoms with Gasteiger partial charge in [0.05, 0.1) is 0 Å². The third-order valence-corrected chi connectivity index (χ3v) is 5.00. The van der Waals surface area contributed by atoms with Crippen molar-refractivity contribution in [2.45, 2.75) is 37.9 Å². The molecule has 2 aromatic heterocycles. The Morgan fingerprint density at radius 3 is 2.44 bits per heavy atom. The highest BCUT2D eigenvalue weighted by molar-refractivity contribution is 6.03. The van der Waals surface area contributed by atoms with Gasteiger partial charge in [-0.25, -0.2) is 0 Å². The molecule has 32 heavy (non-hydrogen) atoms. The summed E-state index contributed by atoms with van der Waals surface area (Å²) < 4.78 is 41.8. The van der Waals surface area contributed by atoms with E-state index < -0.39 is 11.9 Å². The Labute approximate surface area is 181 Å². The number of nitrogens with zero attached hydrogens (tertiary/aromatic N) is 4. The molecule has 3 aromatic rings. The molecule has 0 atom stereocenters. The summed E-state index contributed by atoms with van der Waals surface area (Å²) in [6.45, 7) is 0.0455. The van der Waals surface area contributed by atoms with Crippen LogP contribution in [0.2, 0.25) is 0 Å². The molecular formula is C21H21F3N6O2. The van der Waals surface area contributed by atoms with Gasteiger partial charge in [0, 0.05) is 49.2 Å². The number of aromatic nitrogens is 4. The molecule has 0 aliphatic heterocycles. The predicted molar refractivity (Wildman–Crippen MR) is 110 cm³/mol. The van der Waals surface area contributed by atoms with Crippen molar-refractivity contribution in [2.24, 2.45) is 7.05 Å². The molecule has 168 valence electrons. The molecule has 0 spiro atoms. The maximum Gasteiger partial charge on any atom is 0.435 e. The minimum Gasteiger partial charge on any atom is -0.326 e. The van der Waals surface area contributed by atoms with E-state index in [0.717, 1.165) is 18.9 Å². The van der Waals surface area contributed by atoms with Gasteiger partial charge in [-0.1, -0.05) is 6.07 Å². The first kappa shape index (κ1) is 21.6. The fourth-order valence-electron chi connectivity index (χ4n) is 3.29. The molecule has 4 rings (SSSR count). The second-order valence-corrected chi connectivity index (χ2v) is 7.66. The summed E-state index contributed by atoms with van der Waals surface area (Å²) in [5.41, 5.74) is 0.760. The zero-order valence-electron chi connectivity index (χ0n) is 17.2. The molecule has 1 aliphatic carbocycles. The van der Waals surface area contributed by atoms with Crippen molar-refractivity contribution in [2.75, 3.05) is 10.6 Å². The standard InChI is InChI=1S/C21H21F3N6O2/c1-29-9-7-16(27-29)20(32)26-15-4-2-3-14(11-15)25-19(31)8-10-30-17(13-5-6-13)12-18(28-30)21(22,23)24/h2-4,7,9,11-13H,5-6,8,10H2,1H3,(H,25,31)(H,26,32). The van der Waals surface area contributed by atoms with Crippen LogP contribution in [0.25, 0.3) is 0 Å². The zero-order chi connectivity index (χ0) is 22.9. The smallest absolute Gasteiger partial charge is 0.326 e. The summed E-state index contributed by atoms with van der Waals surface area (Å²) >= 11 is 0. The van der Waals surface area contributed by atoms with Gasteiger partial charge in [-0.05, 0) is 43.2 Å². The number of carbonyl (C=O) groups is 2. The van der Waals surface area contributed by atoms with Gasteiger partial charge in [0.1, 0.15) is 0 Å². The highest BCUT2D eigenvalue weighted by Crippen LogP contribution is 2.42. The van der Waals surface area contributed by atoms with Crippen LogP contribution < -0.4 is 10.6 Å². The molecule has 8 nitrogen and oxygen atoms in total. The molecule has 1 aromatic carbocycles. The number of anilines is 2. The third kappa shape index (κ3) is 5.16. The molecular weight excluding hydrogens is 425 g/mol. The highest BCUT2D eigenvalue weighted by Gasteiger charge is 2.37. The van der Waals surface area contributed by atoms with Crippen LogP contribution in [0.3, 0.4) is 0 Å². The number of hydrogen-bond acceptors (Lipinski definition) is 4. The van der Waals surface area contributed by atoms with Crippen molar-refractivity contribution in [1.82, 2.24) is 19.6 Å². The summed E-state index contributed by atoms with van der Waals surface area (Å²) in [4.78, 5) is 24.6. The van der Waals surface area contributed by atoms with Gasteiger partial charge >= 0.3 is 6.18 Å². The Hall–Kier alpha value is -3.63. The first-order valence-corrected chi connectivity index (χ1v) is 10.0. The molecule has 0 unspecified atom stereocenters. The molecule has 2 heterocycles. The van der Waals surface area contributed by atoms with Gasteiger partial charge in [0.25, 0.3) is 5.91 Å². The van der Waals surface area contributed by atoms with Gasteiger partial charge in [-0.3, -0.25) is 19.0 Å². The summed E-state index contributed by atoms with van der Waals surface area (Å²) in [5.74, 6) is -0.689. The van der Waals surface area contributed by atoms with E-state index in [-0.39, 0.29) is 36.4 Å². The minimum atomic E-state index is -4.52. The second-order valence-electron chi connectivity index (χ2n) is 7.66. The largest absolute Gasteiger partial charge is 0.435 e. The Morgan fingerprint density at radius 2 is 1.81 bits per heavy atom. The Balaban J connectivity index is 1.36. The van der Waals surface area contributed by atoms with Crippen molar-refractivity contribution in [1.29, 1.82) is 0 Å². The molecule has 1 fully saturated rings. The van der Waals surface area contributed by atoms with Crippen LogP contribution in [0, 0.1) is 0 Å². The number of carbonyl (C=O) groups excluding carboxylic acids is 2. The predicted octanol–water partition coefficient (Wildman–Crippen LogP) is 3.79. The van der Waals surface area contributed by atoms with Crippen molar-refractivity contribution in [3.8, 4) is 0 Å². The number of amides is 2. The van der Waals surface area contributed by atoms with E-state index in [2.05, 4.69) is 20.8 Å². The fourth-order valence-corrected chi connectivity index (χ4v) is 3.29. The van der Waals surface area contributed by atoms with Crippen molar-refractivity contribution >= 4 is 23.2 Å². The molecule has 1 saturated carbocycles. The molecule has 0 radical (unpaired) electrons. The summed E-state index contributed by atoms with van der Waals surface area (Å²) in [7, 11) is 1.70. The van der Waals surface area contributed by atoms with Crippen LogP contribution in [-0.2, 0) is 24.6 Å². The van der Waals surface area contributed by atoms with Gasteiger partial charge < -0.3 is 10.6 Å². The molecule has 1 aliphatic rings. The number of alkyl halides is 3.